The molecule has 2 saturated carbocycles. The zero-order chi connectivity index (χ0) is 27.4. The van der Waals surface area contributed by atoms with Crippen molar-refractivity contribution in [1.29, 1.82) is 0 Å². The predicted molar refractivity (Wildman–Crippen MR) is 149 cm³/mol. The molecule has 0 spiro atoms. The molecule has 4 aliphatic carbocycles. The zero-order valence-electron chi connectivity index (χ0n) is 25.1. The van der Waals surface area contributed by atoms with Gasteiger partial charge in [0.25, 0.3) is 0 Å². The molecule has 0 aliphatic heterocycles. The van der Waals surface area contributed by atoms with Gasteiger partial charge in [0.1, 0.15) is 6.10 Å². The third kappa shape index (κ3) is 4.42. The number of hydrogen-bond acceptors (Lipinski definition) is 4. The molecule has 0 N–H and O–H groups in total. The van der Waals surface area contributed by atoms with Crippen LogP contribution in [0.5, 0.6) is 0 Å². The van der Waals surface area contributed by atoms with Crippen LogP contribution < -0.4 is 0 Å². The van der Waals surface area contributed by atoms with Gasteiger partial charge in [-0.25, -0.2) is 4.79 Å². The van der Waals surface area contributed by atoms with Gasteiger partial charge in [0.2, 0.25) is 0 Å². The molecule has 4 aliphatic rings. The van der Waals surface area contributed by atoms with Gasteiger partial charge in [-0.2, -0.15) is 0 Å². The van der Waals surface area contributed by atoms with Crippen LogP contribution in [-0.4, -0.2) is 25.2 Å². The van der Waals surface area contributed by atoms with E-state index in [4.69, 9.17) is 9.47 Å². The van der Waals surface area contributed by atoms with Gasteiger partial charge < -0.3 is 9.47 Å². The SMILES string of the molecule is COC(=O)C(C)=CCCC(C)C1CCC2(C)C3=C(CCC12C)C1(C)CCC(OC(C)=O)C(C)(C)C1CC3. The summed E-state index contributed by atoms with van der Waals surface area (Å²) in [6.45, 7) is 18.3. The summed E-state index contributed by atoms with van der Waals surface area (Å²) in [5, 5.41) is 0. The summed E-state index contributed by atoms with van der Waals surface area (Å²) in [5.41, 5.74) is 5.14. The van der Waals surface area contributed by atoms with E-state index in [0.29, 0.717) is 17.3 Å². The summed E-state index contributed by atoms with van der Waals surface area (Å²) in [7, 11) is 1.45. The number of carbonyl (C=O) groups excluding carboxylic acids is 2. The van der Waals surface area contributed by atoms with Crippen molar-refractivity contribution >= 4 is 11.9 Å². The zero-order valence-corrected chi connectivity index (χ0v) is 25.1. The van der Waals surface area contributed by atoms with E-state index in [0.717, 1.165) is 37.2 Å². The summed E-state index contributed by atoms with van der Waals surface area (Å²) in [6.07, 6.45) is 13.8. The van der Waals surface area contributed by atoms with Gasteiger partial charge in [0.05, 0.1) is 7.11 Å². The van der Waals surface area contributed by atoms with E-state index in [1.165, 1.54) is 45.6 Å². The van der Waals surface area contributed by atoms with Crippen LogP contribution >= 0.6 is 0 Å². The van der Waals surface area contributed by atoms with E-state index in [2.05, 4.69) is 47.6 Å². The van der Waals surface area contributed by atoms with Crippen molar-refractivity contribution in [1.82, 2.24) is 0 Å². The van der Waals surface area contributed by atoms with E-state index in [9.17, 15) is 9.59 Å². The Kier molecular flexibility index (Phi) is 7.58. The van der Waals surface area contributed by atoms with Crippen LogP contribution in [0.4, 0.5) is 0 Å². The van der Waals surface area contributed by atoms with Crippen molar-refractivity contribution in [2.24, 2.45) is 39.4 Å². The Balaban J connectivity index is 1.57. The van der Waals surface area contributed by atoms with E-state index >= 15 is 0 Å². The maximum atomic E-state index is 11.8. The standard InChI is InChI=1S/C33H52O4/c1-21(11-10-12-22(2)29(35)36-9)24-15-19-33(8)26-13-14-27-30(4,5)28(37-23(3)34)17-18-31(27,6)25(26)16-20-32(24,33)7/h12,21,24,27-28H,10-11,13-20H2,1-9H3. The Labute approximate surface area is 226 Å². The maximum absolute atomic E-state index is 11.8. The molecule has 0 saturated heterocycles. The lowest BCUT2D eigenvalue weighted by molar-refractivity contribution is -0.167. The smallest absolute Gasteiger partial charge is 0.333 e. The summed E-state index contributed by atoms with van der Waals surface area (Å²) in [5.74, 6) is 1.57. The lowest BCUT2D eigenvalue weighted by Gasteiger charge is -2.62. The molecule has 7 atom stereocenters. The highest BCUT2D eigenvalue weighted by Gasteiger charge is 2.63. The van der Waals surface area contributed by atoms with Crippen LogP contribution in [0.3, 0.4) is 0 Å². The highest BCUT2D eigenvalue weighted by Crippen LogP contribution is 2.72. The molecule has 4 heteroatoms. The second-order valence-corrected chi connectivity index (χ2v) is 14.3. The van der Waals surface area contributed by atoms with Gasteiger partial charge in [0, 0.05) is 17.9 Å². The molecule has 4 nitrogen and oxygen atoms in total. The van der Waals surface area contributed by atoms with E-state index in [1.807, 2.05) is 6.92 Å². The number of fused-ring (bicyclic) bond motifs is 4. The van der Waals surface area contributed by atoms with E-state index in [1.54, 1.807) is 18.1 Å². The van der Waals surface area contributed by atoms with Crippen molar-refractivity contribution in [2.75, 3.05) is 7.11 Å². The summed E-state index contributed by atoms with van der Waals surface area (Å²) < 4.78 is 10.7. The van der Waals surface area contributed by atoms with Crippen molar-refractivity contribution < 1.29 is 19.1 Å². The number of methoxy groups -OCH3 is 1. The molecule has 0 aromatic heterocycles. The summed E-state index contributed by atoms with van der Waals surface area (Å²) in [4.78, 5) is 23.6. The van der Waals surface area contributed by atoms with Gasteiger partial charge in [-0.05, 0) is 105 Å². The van der Waals surface area contributed by atoms with Crippen LogP contribution in [0.1, 0.15) is 120 Å². The van der Waals surface area contributed by atoms with Crippen molar-refractivity contribution in [3.05, 3.63) is 22.8 Å². The number of allylic oxidation sites excluding steroid dienone is 3. The second-order valence-electron chi connectivity index (χ2n) is 14.3. The van der Waals surface area contributed by atoms with Crippen LogP contribution in [-0.2, 0) is 19.1 Å². The average Bonchev–Trinajstić information content (AvgIpc) is 3.11. The van der Waals surface area contributed by atoms with Crippen LogP contribution in [0.15, 0.2) is 22.8 Å². The van der Waals surface area contributed by atoms with Gasteiger partial charge in [-0.15, -0.1) is 0 Å². The fourth-order valence-corrected chi connectivity index (χ4v) is 10.0. The van der Waals surface area contributed by atoms with Crippen molar-refractivity contribution in [3.8, 4) is 0 Å². The van der Waals surface area contributed by atoms with Crippen LogP contribution in [0, 0.1) is 39.4 Å². The Hall–Kier alpha value is -1.58. The normalized spacial score (nSPS) is 39.8. The largest absolute Gasteiger partial charge is 0.466 e. The molecule has 208 valence electrons. The molecular weight excluding hydrogens is 460 g/mol. The summed E-state index contributed by atoms with van der Waals surface area (Å²) >= 11 is 0. The third-order valence-corrected chi connectivity index (χ3v) is 12.3. The number of ether oxygens (including phenoxy) is 2. The minimum absolute atomic E-state index is 0.00142. The molecular formula is C33H52O4. The maximum Gasteiger partial charge on any atom is 0.333 e. The number of esters is 2. The molecule has 2 fully saturated rings. The molecule has 37 heavy (non-hydrogen) atoms. The fraction of sp³-hybridized carbons (Fsp3) is 0.818. The minimum Gasteiger partial charge on any atom is -0.466 e. The topological polar surface area (TPSA) is 52.6 Å². The monoisotopic (exact) mass is 512 g/mol. The van der Waals surface area contributed by atoms with Gasteiger partial charge >= 0.3 is 11.9 Å². The van der Waals surface area contributed by atoms with Crippen molar-refractivity contribution in [3.63, 3.8) is 0 Å². The van der Waals surface area contributed by atoms with Gasteiger partial charge in [-0.3, -0.25) is 4.79 Å². The molecule has 0 heterocycles. The molecule has 0 amide bonds. The number of hydrogen-bond donors (Lipinski definition) is 0. The van der Waals surface area contributed by atoms with Crippen molar-refractivity contribution in [2.45, 2.75) is 126 Å². The lowest BCUT2D eigenvalue weighted by Crippen LogP contribution is -2.55. The van der Waals surface area contributed by atoms with Gasteiger partial charge in [0.15, 0.2) is 0 Å². The Morgan fingerprint density at radius 1 is 0.973 bits per heavy atom. The molecule has 0 aromatic rings. The van der Waals surface area contributed by atoms with E-state index < -0.39 is 0 Å². The first-order valence-corrected chi connectivity index (χ1v) is 14.9. The molecule has 4 rings (SSSR count). The lowest BCUT2D eigenvalue weighted by atomic mass is 9.43. The fourth-order valence-electron chi connectivity index (χ4n) is 10.0. The third-order valence-electron chi connectivity index (χ3n) is 12.3. The second kappa shape index (κ2) is 9.87. The number of rotatable bonds is 6. The van der Waals surface area contributed by atoms with Crippen LogP contribution in [0.2, 0.25) is 0 Å². The van der Waals surface area contributed by atoms with Gasteiger partial charge in [-0.1, -0.05) is 58.8 Å². The molecule has 7 unspecified atom stereocenters. The molecule has 0 radical (unpaired) electrons. The molecule has 0 aromatic carbocycles. The Bertz CT molecular complexity index is 988. The Morgan fingerprint density at radius 3 is 2.32 bits per heavy atom. The Morgan fingerprint density at radius 2 is 1.68 bits per heavy atom. The average molecular weight is 513 g/mol. The first kappa shape index (κ1) is 28.4. The highest BCUT2D eigenvalue weighted by molar-refractivity contribution is 5.87. The first-order valence-electron chi connectivity index (χ1n) is 14.9. The van der Waals surface area contributed by atoms with Crippen LogP contribution in [0.25, 0.3) is 0 Å². The quantitative estimate of drug-likeness (QED) is 0.204. The highest BCUT2D eigenvalue weighted by atomic mass is 16.5. The minimum atomic E-state index is -0.214. The first-order chi connectivity index (χ1) is 17.2. The molecule has 0 bridgehead atoms. The summed E-state index contributed by atoms with van der Waals surface area (Å²) in [6, 6.07) is 0. The van der Waals surface area contributed by atoms with E-state index in [-0.39, 0.29) is 34.3 Å². The predicted octanol–water partition coefficient (Wildman–Crippen LogP) is 8.20. The number of carbonyl (C=O) groups is 2.